The maximum atomic E-state index is 11.1. The van der Waals surface area contributed by atoms with Gasteiger partial charge in [-0.15, -0.1) is 0 Å². The molecular formula is C25H26O11. The maximum absolute atomic E-state index is 11.1. The highest BCUT2D eigenvalue weighted by atomic mass is 16.7. The van der Waals surface area contributed by atoms with Gasteiger partial charge in [0.1, 0.15) is 54.9 Å². The summed E-state index contributed by atoms with van der Waals surface area (Å²) in [6, 6.07) is 8.70. The largest absolute Gasteiger partial charge is 0.496 e. The summed E-state index contributed by atoms with van der Waals surface area (Å²) in [7, 11) is 1.58. The summed E-state index contributed by atoms with van der Waals surface area (Å²) in [5.74, 6) is 2.16. The molecule has 0 amide bonds. The van der Waals surface area contributed by atoms with E-state index >= 15 is 0 Å². The van der Waals surface area contributed by atoms with E-state index in [1.165, 1.54) is 6.92 Å². The van der Waals surface area contributed by atoms with Gasteiger partial charge in [0.15, 0.2) is 11.5 Å². The first kappa shape index (κ1) is 24.2. The number of hydrogen-bond acceptors (Lipinski definition) is 11. The summed E-state index contributed by atoms with van der Waals surface area (Å²) in [5.41, 5.74) is 2.48. The number of benzene rings is 2. The zero-order valence-corrected chi connectivity index (χ0v) is 19.6. The van der Waals surface area contributed by atoms with E-state index in [1.807, 2.05) is 12.1 Å². The van der Waals surface area contributed by atoms with E-state index in [-0.39, 0.29) is 20.0 Å². The van der Waals surface area contributed by atoms with Crippen LogP contribution in [0.5, 0.6) is 28.7 Å². The zero-order chi connectivity index (χ0) is 25.4. The highest BCUT2D eigenvalue weighted by Crippen LogP contribution is 2.43. The molecule has 5 atom stereocenters. The van der Waals surface area contributed by atoms with Crippen molar-refractivity contribution in [1.29, 1.82) is 0 Å². The molecule has 192 valence electrons. The van der Waals surface area contributed by atoms with Crippen LogP contribution in [0.15, 0.2) is 30.3 Å². The van der Waals surface area contributed by atoms with Crippen LogP contribution in [-0.2, 0) is 14.3 Å². The van der Waals surface area contributed by atoms with Crippen molar-refractivity contribution in [3.05, 3.63) is 41.5 Å². The topological polar surface area (TPSA) is 142 Å². The molecule has 36 heavy (non-hydrogen) atoms. The number of carbonyl (C=O) groups is 1. The van der Waals surface area contributed by atoms with E-state index in [4.69, 9.17) is 33.2 Å². The van der Waals surface area contributed by atoms with Crippen molar-refractivity contribution in [2.75, 3.05) is 27.1 Å². The van der Waals surface area contributed by atoms with Gasteiger partial charge in [0, 0.05) is 35.8 Å². The molecule has 2 aromatic rings. The highest BCUT2D eigenvalue weighted by Gasteiger charge is 2.45. The number of hydrogen-bond donors (Lipinski definition) is 3. The van der Waals surface area contributed by atoms with Crippen LogP contribution < -0.4 is 23.7 Å². The van der Waals surface area contributed by atoms with Crippen LogP contribution in [0.1, 0.15) is 18.1 Å². The van der Waals surface area contributed by atoms with Gasteiger partial charge in [-0.05, 0) is 24.3 Å². The molecule has 3 N–H and O–H groups in total. The van der Waals surface area contributed by atoms with Crippen LogP contribution in [-0.4, -0.2) is 79.1 Å². The number of methoxy groups -OCH3 is 1. The van der Waals surface area contributed by atoms with Crippen molar-refractivity contribution in [3.63, 3.8) is 0 Å². The number of aliphatic hydroxyl groups excluding tert-OH is 3. The SMILES string of the molecule is COc1cc2c(cc1C1=Cc3ccc(O[C@@H]4O[C@H](COC(C)=O)[C@@H](O)[C@H](O)[C@H]4O)cc3OC1)OCO2. The summed E-state index contributed by atoms with van der Waals surface area (Å²) in [4.78, 5) is 11.1. The molecule has 3 aliphatic heterocycles. The van der Waals surface area contributed by atoms with Crippen molar-refractivity contribution in [1.82, 2.24) is 0 Å². The van der Waals surface area contributed by atoms with E-state index in [0.29, 0.717) is 28.7 Å². The van der Waals surface area contributed by atoms with Gasteiger partial charge in [-0.25, -0.2) is 0 Å². The molecule has 0 bridgehead atoms. The van der Waals surface area contributed by atoms with Crippen LogP contribution >= 0.6 is 0 Å². The Hall–Kier alpha value is -3.51. The zero-order valence-electron chi connectivity index (χ0n) is 19.6. The van der Waals surface area contributed by atoms with Crippen molar-refractivity contribution >= 4 is 17.6 Å². The lowest BCUT2D eigenvalue weighted by Gasteiger charge is -2.39. The number of esters is 1. The molecule has 3 heterocycles. The third-order valence-corrected chi connectivity index (χ3v) is 6.11. The van der Waals surface area contributed by atoms with Crippen LogP contribution in [0.4, 0.5) is 0 Å². The molecule has 0 aliphatic carbocycles. The average Bonchev–Trinajstić information content (AvgIpc) is 3.34. The summed E-state index contributed by atoms with van der Waals surface area (Å²) in [6.07, 6.45) is -4.97. The fourth-order valence-corrected chi connectivity index (χ4v) is 4.20. The van der Waals surface area contributed by atoms with Gasteiger partial charge >= 0.3 is 5.97 Å². The first-order valence-electron chi connectivity index (χ1n) is 11.3. The van der Waals surface area contributed by atoms with Gasteiger partial charge in [0.05, 0.1) is 7.11 Å². The second-order valence-corrected chi connectivity index (χ2v) is 8.50. The second kappa shape index (κ2) is 9.86. The average molecular weight is 502 g/mol. The lowest BCUT2D eigenvalue weighted by molar-refractivity contribution is -0.278. The predicted octanol–water partition coefficient (Wildman–Crippen LogP) is 1.11. The van der Waals surface area contributed by atoms with Crippen LogP contribution in [0.25, 0.3) is 11.6 Å². The Bertz CT molecular complexity index is 1180. The van der Waals surface area contributed by atoms with E-state index in [9.17, 15) is 20.1 Å². The maximum Gasteiger partial charge on any atom is 0.302 e. The molecule has 11 heteroatoms. The van der Waals surface area contributed by atoms with E-state index in [2.05, 4.69) is 0 Å². The Morgan fingerprint density at radius 2 is 1.78 bits per heavy atom. The molecule has 0 spiro atoms. The number of carbonyl (C=O) groups excluding carboxylic acids is 1. The normalized spacial score (nSPS) is 26.4. The van der Waals surface area contributed by atoms with Gasteiger partial charge in [-0.1, -0.05) is 0 Å². The molecule has 2 aromatic carbocycles. The number of ether oxygens (including phenoxy) is 7. The summed E-state index contributed by atoms with van der Waals surface area (Å²) in [5, 5.41) is 30.7. The van der Waals surface area contributed by atoms with Gasteiger partial charge in [-0.2, -0.15) is 0 Å². The molecular weight excluding hydrogens is 476 g/mol. The fourth-order valence-electron chi connectivity index (χ4n) is 4.20. The number of rotatable bonds is 6. The predicted molar refractivity (Wildman–Crippen MR) is 123 cm³/mol. The Labute approximate surface area is 206 Å². The molecule has 11 nitrogen and oxygen atoms in total. The summed E-state index contributed by atoms with van der Waals surface area (Å²) < 4.78 is 38.6. The molecule has 3 aliphatic rings. The minimum absolute atomic E-state index is 0.156. The summed E-state index contributed by atoms with van der Waals surface area (Å²) >= 11 is 0. The lowest BCUT2D eigenvalue weighted by atomic mass is 9.99. The van der Waals surface area contributed by atoms with Gasteiger partial charge < -0.3 is 48.5 Å². The Balaban J connectivity index is 1.34. The minimum Gasteiger partial charge on any atom is -0.496 e. The summed E-state index contributed by atoms with van der Waals surface area (Å²) in [6.45, 7) is 1.32. The minimum atomic E-state index is -1.56. The van der Waals surface area contributed by atoms with Gasteiger partial charge in [0.25, 0.3) is 0 Å². The molecule has 1 saturated heterocycles. The number of aliphatic hydroxyl groups is 3. The fraction of sp³-hybridized carbons (Fsp3) is 0.400. The first-order chi connectivity index (χ1) is 17.3. The van der Waals surface area contributed by atoms with E-state index in [0.717, 1.165) is 16.7 Å². The van der Waals surface area contributed by atoms with Crippen molar-refractivity contribution < 1.29 is 53.3 Å². The van der Waals surface area contributed by atoms with E-state index < -0.39 is 36.7 Å². The van der Waals surface area contributed by atoms with Gasteiger partial charge in [0.2, 0.25) is 13.1 Å². The monoisotopic (exact) mass is 502 g/mol. The molecule has 1 fully saturated rings. The second-order valence-electron chi connectivity index (χ2n) is 8.50. The van der Waals surface area contributed by atoms with Crippen molar-refractivity contribution in [2.24, 2.45) is 0 Å². The van der Waals surface area contributed by atoms with Crippen LogP contribution in [0.3, 0.4) is 0 Å². The standard InChI is InChI=1S/C25H26O11/c1-12(26)31-10-21-22(27)23(28)24(29)25(36-21)35-15-4-3-13-5-14(9-32-17(13)6-15)16-7-19-20(34-11-33-19)8-18(16)30-2/h3-8,21-25,27-29H,9-11H2,1-2H3/t21-,22-,23+,24-,25-/m1/s1. The molecule has 0 saturated carbocycles. The van der Waals surface area contributed by atoms with Crippen molar-refractivity contribution in [3.8, 4) is 28.7 Å². The smallest absolute Gasteiger partial charge is 0.302 e. The Kier molecular flexibility index (Phi) is 6.63. The lowest BCUT2D eigenvalue weighted by Crippen LogP contribution is -2.60. The highest BCUT2D eigenvalue weighted by molar-refractivity contribution is 5.88. The van der Waals surface area contributed by atoms with Gasteiger partial charge in [-0.3, -0.25) is 4.79 Å². The number of fused-ring (bicyclic) bond motifs is 2. The van der Waals surface area contributed by atoms with Crippen LogP contribution in [0.2, 0.25) is 0 Å². The Morgan fingerprint density at radius 1 is 1.00 bits per heavy atom. The third-order valence-electron chi connectivity index (χ3n) is 6.11. The molecule has 0 radical (unpaired) electrons. The molecule has 5 rings (SSSR count). The van der Waals surface area contributed by atoms with E-state index in [1.54, 1.807) is 31.4 Å². The third kappa shape index (κ3) is 4.65. The Morgan fingerprint density at radius 3 is 2.53 bits per heavy atom. The van der Waals surface area contributed by atoms with Crippen LogP contribution in [0, 0.1) is 0 Å². The molecule has 0 aromatic heterocycles. The molecule has 0 unspecified atom stereocenters. The first-order valence-corrected chi connectivity index (χ1v) is 11.3. The quantitative estimate of drug-likeness (QED) is 0.489. The van der Waals surface area contributed by atoms with Crippen molar-refractivity contribution in [2.45, 2.75) is 37.6 Å².